The van der Waals surface area contributed by atoms with Crippen molar-refractivity contribution in [3.8, 4) is 0 Å². The van der Waals surface area contributed by atoms with E-state index in [0.29, 0.717) is 13.0 Å². The van der Waals surface area contributed by atoms with E-state index in [-0.39, 0.29) is 16.8 Å². The zero-order valence-corrected chi connectivity index (χ0v) is 12.6. The maximum atomic E-state index is 13.4. The average molecular weight is 343 g/mol. The predicted molar refractivity (Wildman–Crippen MR) is 81.1 cm³/mol. The standard InChI is InChI=1S/C15H14BrClFN/c16-13-4-2-1-3-12(13)11(9-19)7-10-5-6-14(17)15(18)8-10/h1-6,8,11H,7,9,19H2. The fourth-order valence-electron chi connectivity index (χ4n) is 2.08. The Labute approximate surface area is 125 Å². The molecule has 1 nitrogen and oxygen atoms in total. The second kappa shape index (κ2) is 6.51. The molecule has 4 heteroatoms. The van der Waals surface area contributed by atoms with E-state index in [4.69, 9.17) is 17.3 Å². The lowest BCUT2D eigenvalue weighted by atomic mass is 9.92. The molecule has 100 valence electrons. The molecule has 0 amide bonds. The van der Waals surface area contributed by atoms with Crippen molar-refractivity contribution in [2.24, 2.45) is 5.73 Å². The molecule has 2 N–H and O–H groups in total. The number of nitrogens with two attached hydrogens (primary N) is 1. The van der Waals surface area contributed by atoms with Gasteiger partial charge in [-0.2, -0.15) is 0 Å². The highest BCUT2D eigenvalue weighted by molar-refractivity contribution is 9.10. The summed E-state index contributed by atoms with van der Waals surface area (Å²) in [6.07, 6.45) is 0.688. The molecule has 0 aliphatic heterocycles. The third-order valence-corrected chi connectivity index (χ3v) is 4.12. The highest BCUT2D eigenvalue weighted by Crippen LogP contribution is 2.28. The summed E-state index contributed by atoms with van der Waals surface area (Å²) >= 11 is 9.21. The minimum Gasteiger partial charge on any atom is -0.330 e. The largest absolute Gasteiger partial charge is 0.330 e. The van der Waals surface area contributed by atoms with Crippen molar-refractivity contribution in [1.29, 1.82) is 0 Å². The zero-order chi connectivity index (χ0) is 13.8. The molecule has 1 unspecified atom stereocenters. The summed E-state index contributed by atoms with van der Waals surface area (Å²) in [6.45, 7) is 0.507. The van der Waals surface area contributed by atoms with E-state index < -0.39 is 0 Å². The molecule has 0 saturated heterocycles. The van der Waals surface area contributed by atoms with Crippen molar-refractivity contribution >= 4 is 27.5 Å². The number of halogens is 3. The Kier molecular flexibility index (Phi) is 4.97. The van der Waals surface area contributed by atoms with Gasteiger partial charge in [-0.1, -0.05) is 51.8 Å². The summed E-state index contributed by atoms with van der Waals surface area (Å²) in [5, 5.41) is 0.147. The van der Waals surface area contributed by atoms with Crippen molar-refractivity contribution < 1.29 is 4.39 Å². The Bertz CT molecular complexity index is 574. The van der Waals surface area contributed by atoms with Crippen LogP contribution in [0.3, 0.4) is 0 Å². The van der Waals surface area contributed by atoms with E-state index in [0.717, 1.165) is 15.6 Å². The first kappa shape index (κ1) is 14.5. The molecule has 19 heavy (non-hydrogen) atoms. The molecule has 0 spiro atoms. The lowest BCUT2D eigenvalue weighted by molar-refractivity contribution is 0.621. The topological polar surface area (TPSA) is 26.0 Å². The van der Waals surface area contributed by atoms with Crippen molar-refractivity contribution in [3.63, 3.8) is 0 Å². The first-order chi connectivity index (χ1) is 9.11. The molecule has 2 rings (SSSR count). The molecular formula is C15H14BrClFN. The van der Waals surface area contributed by atoms with Crippen LogP contribution in [0.5, 0.6) is 0 Å². The van der Waals surface area contributed by atoms with E-state index in [1.807, 2.05) is 30.3 Å². The molecular weight excluding hydrogens is 329 g/mol. The van der Waals surface area contributed by atoms with Gasteiger partial charge in [-0.05, 0) is 42.3 Å². The van der Waals surface area contributed by atoms with Crippen LogP contribution in [0.4, 0.5) is 4.39 Å². The molecule has 0 radical (unpaired) electrons. The summed E-state index contributed by atoms with van der Waals surface area (Å²) < 4.78 is 14.5. The summed E-state index contributed by atoms with van der Waals surface area (Å²) in [4.78, 5) is 0. The molecule has 0 aliphatic carbocycles. The van der Waals surface area contributed by atoms with Gasteiger partial charge in [0.2, 0.25) is 0 Å². The van der Waals surface area contributed by atoms with Gasteiger partial charge in [-0.15, -0.1) is 0 Å². The highest BCUT2D eigenvalue weighted by atomic mass is 79.9. The zero-order valence-electron chi connectivity index (χ0n) is 10.2. The molecule has 0 aromatic heterocycles. The van der Waals surface area contributed by atoms with Gasteiger partial charge in [0.05, 0.1) is 5.02 Å². The molecule has 0 heterocycles. The molecule has 2 aromatic carbocycles. The van der Waals surface area contributed by atoms with E-state index in [1.54, 1.807) is 6.07 Å². The van der Waals surface area contributed by atoms with Gasteiger partial charge in [0.1, 0.15) is 5.82 Å². The van der Waals surface area contributed by atoms with Gasteiger partial charge in [0.15, 0.2) is 0 Å². The van der Waals surface area contributed by atoms with Crippen LogP contribution >= 0.6 is 27.5 Å². The van der Waals surface area contributed by atoms with Gasteiger partial charge in [-0.3, -0.25) is 0 Å². The van der Waals surface area contributed by atoms with Crippen LogP contribution in [0, 0.1) is 5.82 Å². The van der Waals surface area contributed by atoms with Crippen LogP contribution in [-0.2, 0) is 6.42 Å². The fraction of sp³-hybridized carbons (Fsp3) is 0.200. The highest BCUT2D eigenvalue weighted by Gasteiger charge is 2.14. The van der Waals surface area contributed by atoms with Gasteiger partial charge < -0.3 is 5.73 Å². The summed E-state index contributed by atoms with van der Waals surface area (Å²) in [7, 11) is 0. The van der Waals surface area contributed by atoms with Crippen LogP contribution in [-0.4, -0.2) is 6.54 Å². The van der Waals surface area contributed by atoms with Gasteiger partial charge in [0, 0.05) is 10.4 Å². The van der Waals surface area contributed by atoms with Crippen molar-refractivity contribution in [2.75, 3.05) is 6.54 Å². The van der Waals surface area contributed by atoms with Crippen molar-refractivity contribution in [1.82, 2.24) is 0 Å². The maximum absolute atomic E-state index is 13.4. The molecule has 0 saturated carbocycles. The molecule has 0 fully saturated rings. The third-order valence-electron chi connectivity index (χ3n) is 3.10. The smallest absolute Gasteiger partial charge is 0.142 e. The van der Waals surface area contributed by atoms with Crippen molar-refractivity contribution in [2.45, 2.75) is 12.3 Å². The van der Waals surface area contributed by atoms with Crippen LogP contribution in [0.15, 0.2) is 46.9 Å². The van der Waals surface area contributed by atoms with Gasteiger partial charge in [0.25, 0.3) is 0 Å². The second-order valence-corrected chi connectivity index (χ2v) is 5.67. The Hall–Kier alpha value is -0.900. The SMILES string of the molecule is NCC(Cc1ccc(Cl)c(F)c1)c1ccccc1Br. The quantitative estimate of drug-likeness (QED) is 0.868. The average Bonchev–Trinajstić information content (AvgIpc) is 2.41. The molecule has 0 aliphatic rings. The maximum Gasteiger partial charge on any atom is 0.142 e. The van der Waals surface area contributed by atoms with E-state index in [1.165, 1.54) is 6.07 Å². The number of hydrogen-bond donors (Lipinski definition) is 1. The second-order valence-electron chi connectivity index (χ2n) is 4.41. The molecule has 2 aromatic rings. The predicted octanol–water partition coefficient (Wildman–Crippen LogP) is 4.53. The van der Waals surface area contributed by atoms with Gasteiger partial charge in [-0.25, -0.2) is 4.39 Å². The Morgan fingerprint density at radius 1 is 1.21 bits per heavy atom. The normalized spacial score (nSPS) is 12.4. The van der Waals surface area contributed by atoms with Gasteiger partial charge >= 0.3 is 0 Å². The fourth-order valence-corrected chi connectivity index (χ4v) is 2.80. The Balaban J connectivity index is 2.24. The summed E-state index contributed by atoms with van der Waals surface area (Å²) in [5.41, 5.74) is 7.88. The van der Waals surface area contributed by atoms with Crippen LogP contribution in [0.2, 0.25) is 5.02 Å². The Morgan fingerprint density at radius 3 is 2.58 bits per heavy atom. The van der Waals surface area contributed by atoms with E-state index in [2.05, 4.69) is 15.9 Å². The Morgan fingerprint density at radius 2 is 1.95 bits per heavy atom. The number of rotatable bonds is 4. The van der Waals surface area contributed by atoms with Crippen LogP contribution in [0.25, 0.3) is 0 Å². The minimum absolute atomic E-state index is 0.147. The molecule has 0 bridgehead atoms. The van der Waals surface area contributed by atoms with Crippen LogP contribution < -0.4 is 5.73 Å². The lowest BCUT2D eigenvalue weighted by Crippen LogP contribution is -2.15. The van der Waals surface area contributed by atoms with E-state index in [9.17, 15) is 4.39 Å². The van der Waals surface area contributed by atoms with E-state index >= 15 is 0 Å². The number of benzene rings is 2. The number of hydrogen-bond acceptors (Lipinski definition) is 1. The first-order valence-corrected chi connectivity index (χ1v) is 7.17. The summed E-state index contributed by atoms with van der Waals surface area (Å²) in [6, 6.07) is 12.9. The third kappa shape index (κ3) is 3.56. The first-order valence-electron chi connectivity index (χ1n) is 6.00. The monoisotopic (exact) mass is 341 g/mol. The van der Waals surface area contributed by atoms with Crippen molar-refractivity contribution in [3.05, 3.63) is 68.9 Å². The summed E-state index contributed by atoms with van der Waals surface area (Å²) in [5.74, 6) is -0.238. The molecule has 1 atom stereocenters. The lowest BCUT2D eigenvalue weighted by Gasteiger charge is -2.17. The minimum atomic E-state index is -0.387. The van der Waals surface area contributed by atoms with Crippen LogP contribution in [0.1, 0.15) is 17.0 Å².